The van der Waals surface area contributed by atoms with Crippen LogP contribution in [0.5, 0.6) is 0 Å². The quantitative estimate of drug-likeness (QED) is 0.559. The van der Waals surface area contributed by atoms with E-state index in [0.29, 0.717) is 10.7 Å². The molecule has 0 aliphatic rings. The maximum Gasteiger partial charge on any atom is 0.148 e. The van der Waals surface area contributed by atoms with Gasteiger partial charge in [-0.3, -0.25) is 0 Å². The largest absolute Gasteiger partial charge is 0.240 e. The maximum absolute atomic E-state index is 8.83. The second-order valence-corrected chi connectivity index (χ2v) is 4.14. The van der Waals surface area contributed by atoms with Gasteiger partial charge in [-0.1, -0.05) is 18.5 Å². The Balaban J connectivity index is 3.23. The normalized spacial score (nSPS) is 9.69. The molecule has 1 aromatic heterocycles. The number of nitriles is 1. The molecule has 0 fully saturated rings. The van der Waals surface area contributed by atoms with Crippen molar-refractivity contribution in [2.75, 3.05) is 5.75 Å². The summed E-state index contributed by atoms with van der Waals surface area (Å²) in [6.45, 7) is 3.91. The molecule has 0 radical (unpaired) electrons. The highest BCUT2D eigenvalue weighted by molar-refractivity contribution is 7.99. The van der Waals surface area contributed by atoms with Crippen LogP contribution in [-0.4, -0.2) is 10.7 Å². The lowest BCUT2D eigenvalue weighted by atomic mass is 10.3. The molecule has 0 atom stereocenters. The number of thioether (sulfide) groups is 1. The van der Waals surface area contributed by atoms with Gasteiger partial charge < -0.3 is 0 Å². The average Bonchev–Trinajstić information content (AvgIpc) is 2.04. The van der Waals surface area contributed by atoms with Crippen molar-refractivity contribution in [3.63, 3.8) is 0 Å². The molecule has 0 aromatic carbocycles. The first-order chi connectivity index (χ1) is 6.19. The zero-order chi connectivity index (χ0) is 9.84. The van der Waals surface area contributed by atoms with Crippen LogP contribution in [0.3, 0.4) is 0 Å². The van der Waals surface area contributed by atoms with Crippen LogP contribution in [0.25, 0.3) is 0 Å². The van der Waals surface area contributed by atoms with Crippen LogP contribution in [0.4, 0.5) is 0 Å². The molecule has 1 aromatic rings. The summed E-state index contributed by atoms with van der Waals surface area (Å²) < 4.78 is 0. The van der Waals surface area contributed by atoms with Gasteiger partial charge >= 0.3 is 0 Å². The molecule has 0 bridgehead atoms. The van der Waals surface area contributed by atoms with Gasteiger partial charge in [0.25, 0.3) is 0 Å². The first kappa shape index (κ1) is 10.4. The molecule has 0 amide bonds. The summed E-state index contributed by atoms with van der Waals surface area (Å²) in [6, 6.07) is 3.95. The fraction of sp³-hybridized carbons (Fsp3) is 0.333. The molecule has 0 aliphatic carbocycles. The van der Waals surface area contributed by atoms with Crippen molar-refractivity contribution in [2.45, 2.75) is 18.7 Å². The van der Waals surface area contributed by atoms with Crippen LogP contribution in [0, 0.1) is 18.3 Å². The number of rotatable bonds is 2. The lowest BCUT2D eigenvalue weighted by Crippen LogP contribution is -1.90. The highest BCUT2D eigenvalue weighted by Gasteiger charge is 2.08. The van der Waals surface area contributed by atoms with Gasteiger partial charge in [-0.15, -0.1) is 11.8 Å². The second-order valence-electron chi connectivity index (χ2n) is 2.47. The predicted molar refractivity (Wildman–Crippen MR) is 55.1 cm³/mol. The van der Waals surface area contributed by atoms with Gasteiger partial charge in [0, 0.05) is 10.6 Å². The van der Waals surface area contributed by atoms with Crippen molar-refractivity contribution >= 4 is 23.4 Å². The number of aromatic nitrogens is 1. The molecule has 0 saturated carbocycles. The van der Waals surface area contributed by atoms with Crippen LogP contribution >= 0.6 is 23.4 Å². The Morgan fingerprint density at radius 3 is 2.92 bits per heavy atom. The summed E-state index contributed by atoms with van der Waals surface area (Å²) in [5.74, 6) is 0.925. The molecule has 0 spiro atoms. The Bertz CT molecular complexity index is 357. The van der Waals surface area contributed by atoms with Crippen molar-refractivity contribution in [1.29, 1.82) is 5.26 Å². The summed E-state index contributed by atoms with van der Waals surface area (Å²) in [7, 11) is 0. The number of halogens is 1. The third-order valence-corrected chi connectivity index (χ3v) is 2.67. The summed E-state index contributed by atoms with van der Waals surface area (Å²) in [5, 5.41) is 9.13. The highest BCUT2D eigenvalue weighted by atomic mass is 35.5. The second kappa shape index (κ2) is 4.50. The topological polar surface area (TPSA) is 36.7 Å². The molecular formula is C9H9ClN2S. The van der Waals surface area contributed by atoms with E-state index in [4.69, 9.17) is 16.9 Å². The fourth-order valence-corrected chi connectivity index (χ4v) is 2.16. The first-order valence-corrected chi connectivity index (χ1v) is 5.25. The van der Waals surface area contributed by atoms with Gasteiger partial charge in [0.1, 0.15) is 16.8 Å². The lowest BCUT2D eigenvalue weighted by molar-refractivity contribution is 1.14. The number of aryl methyl sites for hydroxylation is 1. The monoisotopic (exact) mass is 212 g/mol. The van der Waals surface area contributed by atoms with Crippen molar-refractivity contribution in [2.24, 2.45) is 0 Å². The van der Waals surface area contributed by atoms with E-state index >= 15 is 0 Å². The molecule has 4 heteroatoms. The van der Waals surface area contributed by atoms with Crippen molar-refractivity contribution < 1.29 is 0 Å². The van der Waals surface area contributed by atoms with Gasteiger partial charge in [0.05, 0.1) is 0 Å². The van der Waals surface area contributed by atoms with Crippen molar-refractivity contribution in [3.05, 3.63) is 22.5 Å². The molecule has 0 unspecified atom stereocenters. The van der Waals surface area contributed by atoms with Crippen LogP contribution < -0.4 is 0 Å². The van der Waals surface area contributed by atoms with Gasteiger partial charge in [-0.2, -0.15) is 5.26 Å². The predicted octanol–water partition coefficient (Wildman–Crippen LogP) is 3.03. The zero-order valence-corrected chi connectivity index (χ0v) is 9.04. The Labute approximate surface area is 86.9 Å². The van der Waals surface area contributed by atoms with E-state index < -0.39 is 0 Å². The summed E-state index contributed by atoms with van der Waals surface area (Å²) in [6.07, 6.45) is 0. The molecule has 0 N–H and O–H groups in total. The van der Waals surface area contributed by atoms with Crippen LogP contribution in [0.15, 0.2) is 11.0 Å². The van der Waals surface area contributed by atoms with E-state index in [-0.39, 0.29) is 0 Å². The van der Waals surface area contributed by atoms with Gasteiger partial charge in [0.2, 0.25) is 0 Å². The Hall–Kier alpha value is -0.720. The van der Waals surface area contributed by atoms with Crippen molar-refractivity contribution in [1.82, 2.24) is 4.98 Å². The van der Waals surface area contributed by atoms with E-state index in [1.54, 1.807) is 11.8 Å². The minimum atomic E-state index is 0.304. The molecular weight excluding hydrogens is 204 g/mol. The van der Waals surface area contributed by atoms with Gasteiger partial charge in [-0.25, -0.2) is 4.98 Å². The van der Waals surface area contributed by atoms with E-state index in [0.717, 1.165) is 16.3 Å². The average molecular weight is 213 g/mol. The maximum atomic E-state index is 8.83. The van der Waals surface area contributed by atoms with Crippen molar-refractivity contribution in [3.8, 4) is 6.07 Å². The van der Waals surface area contributed by atoms with E-state index in [9.17, 15) is 0 Å². The fourth-order valence-electron chi connectivity index (χ4n) is 0.977. The molecule has 1 heterocycles. The lowest BCUT2D eigenvalue weighted by Gasteiger charge is -2.04. The minimum absolute atomic E-state index is 0.304. The summed E-state index contributed by atoms with van der Waals surface area (Å²) >= 11 is 7.43. The van der Waals surface area contributed by atoms with E-state index in [1.165, 1.54) is 0 Å². The molecule has 0 aliphatic heterocycles. The molecule has 1 rings (SSSR count). The first-order valence-electron chi connectivity index (χ1n) is 3.89. The molecule has 13 heavy (non-hydrogen) atoms. The summed E-state index contributed by atoms with van der Waals surface area (Å²) in [4.78, 5) is 4.94. The van der Waals surface area contributed by atoms with Crippen LogP contribution in [-0.2, 0) is 0 Å². The van der Waals surface area contributed by atoms with E-state index in [2.05, 4.69) is 11.1 Å². The smallest absolute Gasteiger partial charge is 0.148 e. The number of nitrogens with zero attached hydrogens (tertiary/aromatic N) is 2. The Morgan fingerprint density at radius 1 is 1.69 bits per heavy atom. The Morgan fingerprint density at radius 2 is 2.38 bits per heavy atom. The van der Waals surface area contributed by atoms with Gasteiger partial charge in [0.15, 0.2) is 0 Å². The van der Waals surface area contributed by atoms with Crippen LogP contribution in [0.2, 0.25) is 5.15 Å². The molecule has 0 saturated heterocycles. The molecule has 68 valence electrons. The number of hydrogen-bond donors (Lipinski definition) is 0. The minimum Gasteiger partial charge on any atom is -0.240 e. The third kappa shape index (κ3) is 2.36. The number of pyridine rings is 1. The highest BCUT2D eigenvalue weighted by Crippen LogP contribution is 2.27. The van der Waals surface area contributed by atoms with Gasteiger partial charge in [-0.05, 0) is 18.7 Å². The SMILES string of the molecule is CCSc1cc(C)nc(Cl)c1C#N. The van der Waals surface area contributed by atoms with Crippen LogP contribution in [0.1, 0.15) is 18.2 Å². The Kier molecular flexibility index (Phi) is 3.58. The standard InChI is InChI=1S/C9H9ClN2S/c1-3-13-8-4-6(2)12-9(10)7(8)5-11/h4H,3H2,1-2H3. The summed E-state index contributed by atoms with van der Waals surface area (Å²) in [5.41, 5.74) is 1.33. The molecule has 2 nitrogen and oxygen atoms in total. The number of hydrogen-bond acceptors (Lipinski definition) is 3. The van der Waals surface area contributed by atoms with E-state index in [1.807, 2.05) is 19.9 Å². The third-order valence-electron chi connectivity index (χ3n) is 1.48. The zero-order valence-electron chi connectivity index (χ0n) is 7.47.